The summed E-state index contributed by atoms with van der Waals surface area (Å²) in [6.07, 6.45) is 1.57. The van der Waals surface area contributed by atoms with Gasteiger partial charge in [-0.3, -0.25) is 5.10 Å². The van der Waals surface area contributed by atoms with Crippen molar-refractivity contribution >= 4 is 29.2 Å². The Morgan fingerprint density at radius 1 is 1.35 bits per heavy atom. The number of carbonyl (C=O) groups is 1. The Labute approximate surface area is 107 Å². The van der Waals surface area contributed by atoms with Crippen molar-refractivity contribution in [2.75, 3.05) is 0 Å². The summed E-state index contributed by atoms with van der Waals surface area (Å²) in [5.74, 6) is -1.03. The van der Waals surface area contributed by atoms with E-state index in [-0.39, 0.29) is 5.56 Å². The molecule has 1 heterocycles. The van der Waals surface area contributed by atoms with Gasteiger partial charge in [-0.2, -0.15) is 5.10 Å². The van der Waals surface area contributed by atoms with E-state index in [4.69, 9.17) is 28.3 Å². The minimum Gasteiger partial charge on any atom is -0.478 e. The molecule has 0 saturated heterocycles. The lowest BCUT2D eigenvalue weighted by Gasteiger charge is -2.05. The van der Waals surface area contributed by atoms with Gasteiger partial charge in [-0.15, -0.1) is 0 Å². The summed E-state index contributed by atoms with van der Waals surface area (Å²) in [4.78, 5) is 10.9. The molecular weight excluding hydrogens is 263 g/mol. The van der Waals surface area contributed by atoms with Gasteiger partial charge in [-0.25, -0.2) is 4.79 Å². The molecule has 0 saturated carbocycles. The van der Waals surface area contributed by atoms with E-state index in [0.717, 1.165) is 0 Å². The fraction of sp³-hybridized carbons (Fsp3) is 0.0909. The van der Waals surface area contributed by atoms with Crippen molar-refractivity contribution in [3.05, 3.63) is 51.3 Å². The summed E-state index contributed by atoms with van der Waals surface area (Å²) >= 11 is 12.0. The first-order valence-electron chi connectivity index (χ1n) is 4.78. The molecule has 1 aromatic carbocycles. The lowest BCUT2D eigenvalue weighted by Crippen LogP contribution is -2.01. The summed E-state index contributed by atoms with van der Waals surface area (Å²) in [5, 5.41) is 16.3. The summed E-state index contributed by atoms with van der Waals surface area (Å²) in [5.41, 5.74) is 1.29. The van der Waals surface area contributed by atoms with Gasteiger partial charge in [-0.1, -0.05) is 29.3 Å². The lowest BCUT2D eigenvalue weighted by atomic mass is 10.1. The molecule has 2 rings (SSSR count). The first kappa shape index (κ1) is 12.0. The van der Waals surface area contributed by atoms with Crippen LogP contribution < -0.4 is 0 Å². The van der Waals surface area contributed by atoms with Gasteiger partial charge in [0.05, 0.1) is 11.9 Å². The zero-order chi connectivity index (χ0) is 12.4. The minimum atomic E-state index is -1.03. The predicted octanol–water partition coefficient (Wildman–Crippen LogP) is 3.01. The lowest BCUT2D eigenvalue weighted by molar-refractivity contribution is 0.0696. The van der Waals surface area contributed by atoms with Gasteiger partial charge in [0.25, 0.3) is 0 Å². The Morgan fingerprint density at radius 3 is 2.59 bits per heavy atom. The molecule has 88 valence electrons. The Bertz CT molecular complexity index is 546. The highest BCUT2D eigenvalue weighted by atomic mass is 35.5. The minimum absolute atomic E-state index is 0.126. The maximum Gasteiger partial charge on any atom is 0.339 e. The topological polar surface area (TPSA) is 66.0 Å². The van der Waals surface area contributed by atoms with Gasteiger partial charge in [0.1, 0.15) is 5.56 Å². The molecule has 0 unspecified atom stereocenters. The van der Waals surface area contributed by atoms with Crippen LogP contribution in [0.15, 0.2) is 24.4 Å². The molecule has 0 spiro atoms. The first-order chi connectivity index (χ1) is 8.09. The normalized spacial score (nSPS) is 10.5. The highest BCUT2D eigenvalue weighted by Crippen LogP contribution is 2.27. The molecule has 0 radical (unpaired) electrons. The quantitative estimate of drug-likeness (QED) is 0.901. The molecule has 0 aliphatic carbocycles. The second-order valence-electron chi connectivity index (χ2n) is 3.44. The number of aromatic nitrogens is 2. The Balaban J connectivity index is 2.38. The van der Waals surface area contributed by atoms with Gasteiger partial charge in [-0.05, 0) is 17.7 Å². The molecule has 0 amide bonds. The number of hydrogen-bond donors (Lipinski definition) is 2. The van der Waals surface area contributed by atoms with Crippen molar-refractivity contribution < 1.29 is 9.90 Å². The summed E-state index contributed by atoms with van der Waals surface area (Å²) in [7, 11) is 0. The van der Waals surface area contributed by atoms with E-state index in [0.29, 0.717) is 27.7 Å². The van der Waals surface area contributed by atoms with Crippen LogP contribution in [-0.4, -0.2) is 21.3 Å². The summed E-state index contributed by atoms with van der Waals surface area (Å²) in [6.45, 7) is 0. The van der Waals surface area contributed by atoms with E-state index >= 15 is 0 Å². The highest BCUT2D eigenvalue weighted by Gasteiger charge is 2.15. The summed E-state index contributed by atoms with van der Waals surface area (Å²) in [6, 6.07) is 5.15. The van der Waals surface area contributed by atoms with Crippen LogP contribution in [0.4, 0.5) is 0 Å². The van der Waals surface area contributed by atoms with Gasteiger partial charge in [0, 0.05) is 16.5 Å². The third-order valence-corrected chi connectivity index (χ3v) is 3.07. The van der Waals surface area contributed by atoms with Crippen molar-refractivity contribution in [3.63, 3.8) is 0 Å². The number of benzene rings is 1. The van der Waals surface area contributed by atoms with Crippen LogP contribution in [0.3, 0.4) is 0 Å². The zero-order valence-electron chi connectivity index (χ0n) is 8.58. The smallest absolute Gasteiger partial charge is 0.339 e. The number of nitrogens with zero attached hydrogens (tertiary/aromatic N) is 1. The molecular formula is C11H8Cl2N2O2. The van der Waals surface area contributed by atoms with Crippen molar-refractivity contribution in [3.8, 4) is 0 Å². The number of aromatic carboxylic acids is 1. The van der Waals surface area contributed by atoms with E-state index in [2.05, 4.69) is 10.2 Å². The molecule has 2 aromatic rings. The molecule has 0 aliphatic rings. The van der Waals surface area contributed by atoms with Crippen LogP contribution in [-0.2, 0) is 6.42 Å². The van der Waals surface area contributed by atoms with E-state index in [9.17, 15) is 4.79 Å². The van der Waals surface area contributed by atoms with Crippen LogP contribution in [0.5, 0.6) is 0 Å². The van der Waals surface area contributed by atoms with E-state index in [1.807, 2.05) is 0 Å². The fourth-order valence-electron chi connectivity index (χ4n) is 1.51. The first-order valence-corrected chi connectivity index (χ1v) is 5.53. The van der Waals surface area contributed by atoms with Crippen molar-refractivity contribution in [1.29, 1.82) is 0 Å². The number of nitrogens with one attached hydrogen (secondary N) is 1. The van der Waals surface area contributed by atoms with E-state index in [1.165, 1.54) is 6.20 Å². The molecule has 0 bridgehead atoms. The Morgan fingerprint density at radius 2 is 2.00 bits per heavy atom. The van der Waals surface area contributed by atoms with Crippen LogP contribution in [0.2, 0.25) is 10.0 Å². The SMILES string of the molecule is O=C(O)c1cn[nH]c1Cc1c(Cl)cccc1Cl. The molecule has 6 heteroatoms. The largest absolute Gasteiger partial charge is 0.478 e. The maximum atomic E-state index is 10.9. The van der Waals surface area contributed by atoms with Crippen LogP contribution in [0, 0.1) is 0 Å². The average Bonchev–Trinajstić information content (AvgIpc) is 2.72. The number of carboxylic acids is 1. The van der Waals surface area contributed by atoms with Crippen molar-refractivity contribution in [2.45, 2.75) is 6.42 Å². The number of carboxylic acid groups (broad SMARTS) is 1. The molecule has 0 atom stereocenters. The number of rotatable bonds is 3. The number of halogens is 2. The van der Waals surface area contributed by atoms with Gasteiger partial charge < -0.3 is 5.11 Å². The molecule has 0 aliphatic heterocycles. The Kier molecular flexibility index (Phi) is 3.36. The molecule has 2 N–H and O–H groups in total. The Hall–Kier alpha value is -1.52. The van der Waals surface area contributed by atoms with Gasteiger partial charge in [0.15, 0.2) is 0 Å². The van der Waals surface area contributed by atoms with Crippen molar-refractivity contribution in [1.82, 2.24) is 10.2 Å². The maximum absolute atomic E-state index is 10.9. The standard InChI is InChI=1S/C11H8Cl2N2O2/c12-8-2-1-3-9(13)6(8)4-10-7(11(16)17)5-14-15-10/h1-3,5H,4H2,(H,14,15)(H,16,17). The number of aromatic amines is 1. The fourth-order valence-corrected chi connectivity index (χ4v) is 2.04. The van der Waals surface area contributed by atoms with Gasteiger partial charge >= 0.3 is 5.97 Å². The predicted molar refractivity (Wildman–Crippen MR) is 64.8 cm³/mol. The second kappa shape index (κ2) is 4.77. The monoisotopic (exact) mass is 270 g/mol. The molecule has 4 nitrogen and oxygen atoms in total. The molecule has 0 fully saturated rings. The number of hydrogen-bond acceptors (Lipinski definition) is 2. The van der Waals surface area contributed by atoms with Crippen molar-refractivity contribution in [2.24, 2.45) is 0 Å². The van der Waals surface area contributed by atoms with E-state index < -0.39 is 5.97 Å². The van der Waals surface area contributed by atoms with Gasteiger partial charge in [0.2, 0.25) is 0 Å². The second-order valence-corrected chi connectivity index (χ2v) is 4.26. The zero-order valence-corrected chi connectivity index (χ0v) is 10.1. The average molecular weight is 271 g/mol. The van der Waals surface area contributed by atoms with Crippen LogP contribution in [0.25, 0.3) is 0 Å². The van der Waals surface area contributed by atoms with E-state index in [1.54, 1.807) is 18.2 Å². The summed E-state index contributed by atoms with van der Waals surface area (Å²) < 4.78 is 0. The highest BCUT2D eigenvalue weighted by molar-refractivity contribution is 6.36. The third-order valence-electron chi connectivity index (χ3n) is 2.36. The van der Waals surface area contributed by atoms with Crippen LogP contribution in [0.1, 0.15) is 21.6 Å². The third kappa shape index (κ3) is 2.43. The van der Waals surface area contributed by atoms with Crippen LogP contribution >= 0.6 is 23.2 Å². The molecule has 1 aromatic heterocycles. The number of H-pyrrole nitrogens is 1. The molecule has 17 heavy (non-hydrogen) atoms.